The van der Waals surface area contributed by atoms with Gasteiger partial charge in [-0.2, -0.15) is 5.10 Å². The third-order valence-electron chi connectivity index (χ3n) is 5.20. The second-order valence-electron chi connectivity index (χ2n) is 8.02. The summed E-state index contributed by atoms with van der Waals surface area (Å²) in [6.45, 7) is 8.14. The molecule has 5 nitrogen and oxygen atoms in total. The summed E-state index contributed by atoms with van der Waals surface area (Å²) in [6, 6.07) is 4.42. The Hall–Kier alpha value is -1.65. The van der Waals surface area contributed by atoms with E-state index in [9.17, 15) is 4.79 Å². The first-order valence-corrected chi connectivity index (χ1v) is 8.72. The smallest absolute Gasteiger partial charge is 0.225 e. The molecule has 0 atom stereocenters. The van der Waals surface area contributed by atoms with Gasteiger partial charge < -0.3 is 9.80 Å². The lowest BCUT2D eigenvalue weighted by atomic mass is 9.92. The van der Waals surface area contributed by atoms with Gasteiger partial charge in [0.25, 0.3) is 0 Å². The fourth-order valence-electron chi connectivity index (χ4n) is 3.42. The summed E-state index contributed by atoms with van der Waals surface area (Å²) in [5, 5.41) is 8.70. The highest BCUT2D eigenvalue weighted by Crippen LogP contribution is 2.29. The molecule has 2 aliphatic rings. The average molecular weight is 316 g/mol. The lowest BCUT2D eigenvalue weighted by Gasteiger charge is -2.45. The molecule has 0 N–H and O–H groups in total. The largest absolute Gasteiger partial charge is 0.351 e. The number of nitrogens with zero attached hydrogens (tertiary/aromatic N) is 4. The van der Waals surface area contributed by atoms with Crippen LogP contribution in [-0.2, 0) is 10.2 Å². The van der Waals surface area contributed by atoms with Crippen molar-refractivity contribution in [1.29, 1.82) is 0 Å². The number of amides is 1. The number of carbonyl (C=O) groups is 1. The molecule has 5 heteroatoms. The molecule has 23 heavy (non-hydrogen) atoms. The zero-order chi connectivity index (χ0) is 16.6. The van der Waals surface area contributed by atoms with Crippen LogP contribution in [0.15, 0.2) is 12.1 Å². The van der Waals surface area contributed by atoms with Crippen LogP contribution in [0.25, 0.3) is 0 Å². The Balaban J connectivity index is 1.55. The molecular formula is C18H28N4O. The van der Waals surface area contributed by atoms with Crippen LogP contribution in [0.2, 0.25) is 0 Å². The van der Waals surface area contributed by atoms with Crippen molar-refractivity contribution in [1.82, 2.24) is 15.1 Å². The normalized spacial score (nSPS) is 19.7. The van der Waals surface area contributed by atoms with Crippen molar-refractivity contribution in [3.8, 4) is 0 Å². The van der Waals surface area contributed by atoms with E-state index < -0.39 is 0 Å². The highest BCUT2D eigenvalue weighted by molar-refractivity contribution is 5.79. The molecule has 1 saturated carbocycles. The second kappa shape index (κ2) is 6.10. The number of hydrogen-bond acceptors (Lipinski definition) is 4. The van der Waals surface area contributed by atoms with Gasteiger partial charge in [0.1, 0.15) is 0 Å². The van der Waals surface area contributed by atoms with Crippen LogP contribution < -0.4 is 4.90 Å². The summed E-state index contributed by atoms with van der Waals surface area (Å²) < 4.78 is 0. The Kier molecular flexibility index (Phi) is 4.30. The van der Waals surface area contributed by atoms with Crippen molar-refractivity contribution in [3.63, 3.8) is 0 Å². The molecule has 0 bridgehead atoms. The van der Waals surface area contributed by atoms with E-state index in [2.05, 4.69) is 41.9 Å². The zero-order valence-electron chi connectivity index (χ0n) is 14.7. The molecule has 1 saturated heterocycles. The molecule has 0 radical (unpaired) electrons. The highest BCUT2D eigenvalue weighted by atomic mass is 16.2. The van der Waals surface area contributed by atoms with Gasteiger partial charge >= 0.3 is 0 Å². The van der Waals surface area contributed by atoms with Crippen LogP contribution in [0.4, 0.5) is 5.82 Å². The van der Waals surface area contributed by atoms with E-state index in [1.54, 1.807) is 0 Å². The number of carbonyl (C=O) groups excluding carboxylic acids is 1. The first-order valence-electron chi connectivity index (χ1n) is 8.72. The Bertz CT molecular complexity index is 551. The van der Waals surface area contributed by atoms with E-state index in [0.717, 1.165) is 37.4 Å². The third-order valence-corrected chi connectivity index (χ3v) is 5.20. The van der Waals surface area contributed by atoms with Crippen LogP contribution in [0.3, 0.4) is 0 Å². The topological polar surface area (TPSA) is 49.3 Å². The molecule has 1 aromatic heterocycles. The second-order valence-corrected chi connectivity index (χ2v) is 8.02. The standard InChI is InChI=1S/C18H28N4O/c1-18(2,3)15-9-10-16(20-19-15)22-11-14(12-22)21(4)17(23)13-7-5-6-8-13/h9-10,13-14H,5-8,11-12H2,1-4H3. The molecule has 0 unspecified atom stereocenters. The van der Waals surface area contributed by atoms with Gasteiger partial charge in [-0.05, 0) is 25.0 Å². The molecule has 2 heterocycles. The first-order chi connectivity index (χ1) is 10.9. The minimum Gasteiger partial charge on any atom is -0.351 e. The van der Waals surface area contributed by atoms with Crippen molar-refractivity contribution < 1.29 is 4.79 Å². The summed E-state index contributed by atoms with van der Waals surface area (Å²) >= 11 is 0. The molecule has 126 valence electrons. The van der Waals surface area contributed by atoms with Crippen LogP contribution >= 0.6 is 0 Å². The summed E-state index contributed by atoms with van der Waals surface area (Å²) in [5.74, 6) is 1.51. The molecule has 0 aromatic carbocycles. The Morgan fingerprint density at radius 1 is 1.17 bits per heavy atom. The molecule has 1 aromatic rings. The number of rotatable bonds is 3. The van der Waals surface area contributed by atoms with E-state index >= 15 is 0 Å². The molecule has 3 rings (SSSR count). The molecular weight excluding hydrogens is 288 g/mol. The van der Waals surface area contributed by atoms with Crippen molar-refractivity contribution in [2.45, 2.75) is 57.9 Å². The fraction of sp³-hybridized carbons (Fsp3) is 0.722. The van der Waals surface area contributed by atoms with Gasteiger partial charge in [-0.25, -0.2) is 0 Å². The number of likely N-dealkylation sites (N-methyl/N-ethyl adjacent to an activating group) is 1. The average Bonchev–Trinajstić information content (AvgIpc) is 2.98. The third kappa shape index (κ3) is 3.33. The maximum atomic E-state index is 12.5. The van der Waals surface area contributed by atoms with E-state index in [0.29, 0.717) is 11.9 Å². The SMILES string of the molecule is CN(C(=O)C1CCCC1)C1CN(c2ccc(C(C)(C)C)nn2)C1. The lowest BCUT2D eigenvalue weighted by molar-refractivity contribution is -0.136. The summed E-state index contributed by atoms with van der Waals surface area (Å²) in [5.41, 5.74) is 1.03. The van der Waals surface area contributed by atoms with Crippen LogP contribution in [0.5, 0.6) is 0 Å². The van der Waals surface area contributed by atoms with Crippen molar-refractivity contribution in [2.24, 2.45) is 5.92 Å². The Morgan fingerprint density at radius 3 is 2.35 bits per heavy atom. The number of anilines is 1. The summed E-state index contributed by atoms with van der Waals surface area (Å²) in [4.78, 5) is 16.6. The minimum absolute atomic E-state index is 0.0247. The Morgan fingerprint density at radius 2 is 1.83 bits per heavy atom. The van der Waals surface area contributed by atoms with Gasteiger partial charge in [-0.1, -0.05) is 33.6 Å². The predicted molar refractivity (Wildman–Crippen MR) is 91.5 cm³/mol. The number of hydrogen-bond donors (Lipinski definition) is 0. The quantitative estimate of drug-likeness (QED) is 0.860. The van der Waals surface area contributed by atoms with Crippen molar-refractivity contribution in [3.05, 3.63) is 17.8 Å². The van der Waals surface area contributed by atoms with Gasteiger partial charge in [0.05, 0.1) is 11.7 Å². The van der Waals surface area contributed by atoms with Gasteiger partial charge in [0.15, 0.2) is 5.82 Å². The Labute approximate surface area is 139 Å². The maximum absolute atomic E-state index is 12.5. The molecule has 1 aliphatic heterocycles. The van der Waals surface area contributed by atoms with E-state index in [1.807, 2.05) is 18.0 Å². The van der Waals surface area contributed by atoms with Crippen molar-refractivity contribution >= 4 is 11.7 Å². The monoisotopic (exact) mass is 316 g/mol. The van der Waals surface area contributed by atoms with E-state index in [1.165, 1.54) is 12.8 Å². The van der Waals surface area contributed by atoms with Crippen molar-refractivity contribution in [2.75, 3.05) is 25.0 Å². The molecule has 1 aliphatic carbocycles. The van der Waals surface area contributed by atoms with Gasteiger partial charge in [-0.3, -0.25) is 4.79 Å². The van der Waals surface area contributed by atoms with E-state index in [4.69, 9.17) is 0 Å². The number of aromatic nitrogens is 2. The fourth-order valence-corrected chi connectivity index (χ4v) is 3.42. The van der Waals surface area contributed by atoms with Crippen LogP contribution in [-0.4, -0.2) is 47.2 Å². The lowest BCUT2D eigenvalue weighted by Crippen LogP contribution is -2.60. The molecule has 2 fully saturated rings. The molecule has 1 amide bonds. The highest BCUT2D eigenvalue weighted by Gasteiger charge is 2.36. The van der Waals surface area contributed by atoms with Gasteiger partial charge in [0.2, 0.25) is 5.91 Å². The maximum Gasteiger partial charge on any atom is 0.225 e. The zero-order valence-corrected chi connectivity index (χ0v) is 14.7. The van der Waals surface area contributed by atoms with Gasteiger partial charge in [0, 0.05) is 31.5 Å². The molecule has 0 spiro atoms. The first kappa shape index (κ1) is 16.2. The predicted octanol–water partition coefficient (Wildman–Crippen LogP) is 2.61. The summed E-state index contributed by atoms with van der Waals surface area (Å²) in [7, 11) is 1.96. The van der Waals surface area contributed by atoms with Gasteiger partial charge in [-0.15, -0.1) is 5.10 Å². The summed E-state index contributed by atoms with van der Waals surface area (Å²) in [6.07, 6.45) is 4.55. The minimum atomic E-state index is 0.0247. The van der Waals surface area contributed by atoms with Crippen LogP contribution in [0.1, 0.15) is 52.1 Å². The van der Waals surface area contributed by atoms with E-state index in [-0.39, 0.29) is 11.3 Å². The van der Waals surface area contributed by atoms with Crippen LogP contribution in [0, 0.1) is 5.92 Å².